The van der Waals surface area contributed by atoms with E-state index in [1.807, 2.05) is 0 Å². The standard InChI is InChI=1S/C13H22/c1-5-10-7-12-9(4)6-11(8(2)3)13(10)12/h9-13H,2,5-7H2,1,3-4H3. The lowest BCUT2D eigenvalue weighted by molar-refractivity contribution is 0.0571. The van der Waals surface area contributed by atoms with E-state index in [1.165, 1.54) is 24.8 Å². The normalized spacial score (nSPS) is 48.4. The van der Waals surface area contributed by atoms with Crippen LogP contribution < -0.4 is 0 Å². The van der Waals surface area contributed by atoms with Gasteiger partial charge >= 0.3 is 0 Å². The van der Waals surface area contributed by atoms with Crippen molar-refractivity contribution in [3.05, 3.63) is 12.2 Å². The Morgan fingerprint density at radius 2 is 2.08 bits per heavy atom. The van der Waals surface area contributed by atoms with Crippen molar-refractivity contribution in [3.63, 3.8) is 0 Å². The molecule has 0 nitrogen and oxygen atoms in total. The van der Waals surface area contributed by atoms with Crippen molar-refractivity contribution in [1.29, 1.82) is 0 Å². The highest BCUT2D eigenvalue weighted by Crippen LogP contribution is 2.59. The Kier molecular flexibility index (Phi) is 2.25. The third-order valence-electron chi connectivity index (χ3n) is 4.59. The van der Waals surface area contributed by atoms with Gasteiger partial charge < -0.3 is 0 Å². The van der Waals surface area contributed by atoms with Crippen LogP contribution in [0.1, 0.15) is 40.0 Å². The predicted molar refractivity (Wildman–Crippen MR) is 57.5 cm³/mol. The molecule has 0 radical (unpaired) electrons. The van der Waals surface area contributed by atoms with Crippen molar-refractivity contribution in [2.45, 2.75) is 40.0 Å². The van der Waals surface area contributed by atoms with Crippen molar-refractivity contribution < 1.29 is 0 Å². The van der Waals surface area contributed by atoms with Crippen LogP contribution in [0.2, 0.25) is 0 Å². The van der Waals surface area contributed by atoms with E-state index in [0.717, 1.165) is 29.6 Å². The molecule has 2 aliphatic rings. The van der Waals surface area contributed by atoms with Crippen LogP contribution in [0.5, 0.6) is 0 Å². The average Bonchev–Trinajstić information content (AvgIpc) is 2.24. The number of hydrogen-bond donors (Lipinski definition) is 0. The summed E-state index contributed by atoms with van der Waals surface area (Å²) in [4.78, 5) is 0. The molecule has 5 atom stereocenters. The molecule has 2 rings (SSSR count). The van der Waals surface area contributed by atoms with Gasteiger partial charge in [-0.3, -0.25) is 0 Å². The first-order chi connectivity index (χ1) is 6.15. The van der Waals surface area contributed by atoms with Gasteiger partial charge in [-0.2, -0.15) is 0 Å². The minimum absolute atomic E-state index is 0.860. The molecule has 0 saturated heterocycles. The van der Waals surface area contributed by atoms with Gasteiger partial charge in [0.05, 0.1) is 0 Å². The molecule has 0 amide bonds. The summed E-state index contributed by atoms with van der Waals surface area (Å²) in [5.41, 5.74) is 1.44. The topological polar surface area (TPSA) is 0 Å². The molecule has 0 bridgehead atoms. The van der Waals surface area contributed by atoms with E-state index < -0.39 is 0 Å². The first-order valence-corrected chi connectivity index (χ1v) is 5.80. The van der Waals surface area contributed by atoms with Crippen LogP contribution in [-0.2, 0) is 0 Å². The Labute approximate surface area is 82.4 Å². The summed E-state index contributed by atoms with van der Waals surface area (Å²) < 4.78 is 0. The van der Waals surface area contributed by atoms with Crippen molar-refractivity contribution in [2.24, 2.45) is 29.6 Å². The van der Waals surface area contributed by atoms with E-state index in [1.54, 1.807) is 0 Å². The van der Waals surface area contributed by atoms with Crippen molar-refractivity contribution in [3.8, 4) is 0 Å². The molecule has 0 aromatic carbocycles. The summed E-state index contributed by atoms with van der Waals surface area (Å²) in [6.07, 6.45) is 4.31. The first-order valence-electron chi connectivity index (χ1n) is 5.80. The van der Waals surface area contributed by atoms with Gasteiger partial charge in [0.1, 0.15) is 0 Å². The SMILES string of the molecule is C=C(C)C1CC(C)C2CC(CC)C12. The highest BCUT2D eigenvalue weighted by atomic mass is 14.6. The Morgan fingerprint density at radius 3 is 2.62 bits per heavy atom. The molecule has 5 unspecified atom stereocenters. The fourth-order valence-corrected chi connectivity index (χ4v) is 3.76. The second kappa shape index (κ2) is 3.15. The largest absolute Gasteiger partial charge is 0.0998 e. The predicted octanol–water partition coefficient (Wildman–Crippen LogP) is 3.88. The zero-order valence-electron chi connectivity index (χ0n) is 9.22. The van der Waals surface area contributed by atoms with Crippen molar-refractivity contribution in [1.82, 2.24) is 0 Å². The zero-order chi connectivity index (χ0) is 9.59. The maximum Gasteiger partial charge on any atom is -0.0172 e. The average molecular weight is 178 g/mol. The van der Waals surface area contributed by atoms with Gasteiger partial charge in [0.2, 0.25) is 0 Å². The second-order valence-electron chi connectivity index (χ2n) is 5.31. The van der Waals surface area contributed by atoms with Gasteiger partial charge in [-0.15, -0.1) is 0 Å². The third kappa shape index (κ3) is 1.26. The van der Waals surface area contributed by atoms with Crippen molar-refractivity contribution in [2.75, 3.05) is 0 Å². The highest BCUT2D eigenvalue weighted by Gasteiger charge is 2.51. The minimum atomic E-state index is 0.860. The molecule has 0 aromatic heterocycles. The van der Waals surface area contributed by atoms with Crippen LogP contribution >= 0.6 is 0 Å². The van der Waals surface area contributed by atoms with E-state index in [-0.39, 0.29) is 0 Å². The van der Waals surface area contributed by atoms with Gasteiger partial charge in [0.25, 0.3) is 0 Å². The fourth-order valence-electron chi connectivity index (χ4n) is 3.76. The smallest absolute Gasteiger partial charge is 0.0172 e. The molecular weight excluding hydrogens is 156 g/mol. The van der Waals surface area contributed by atoms with Crippen molar-refractivity contribution >= 4 is 0 Å². The summed E-state index contributed by atoms with van der Waals surface area (Å²) in [6, 6.07) is 0. The summed E-state index contributed by atoms with van der Waals surface area (Å²) >= 11 is 0. The summed E-state index contributed by atoms with van der Waals surface area (Å²) in [5.74, 6) is 4.91. The number of allylic oxidation sites excluding steroid dienone is 1. The van der Waals surface area contributed by atoms with Gasteiger partial charge in [0, 0.05) is 0 Å². The minimum Gasteiger partial charge on any atom is -0.0998 e. The van der Waals surface area contributed by atoms with Crippen LogP contribution in [-0.4, -0.2) is 0 Å². The van der Waals surface area contributed by atoms with Gasteiger partial charge in [-0.05, 0) is 49.4 Å². The van der Waals surface area contributed by atoms with Crippen LogP contribution in [0.4, 0.5) is 0 Å². The monoisotopic (exact) mass is 178 g/mol. The number of rotatable bonds is 2. The van der Waals surface area contributed by atoms with Gasteiger partial charge in [-0.25, -0.2) is 0 Å². The Hall–Kier alpha value is -0.260. The molecule has 0 aliphatic heterocycles. The van der Waals surface area contributed by atoms with E-state index in [2.05, 4.69) is 27.4 Å². The summed E-state index contributed by atoms with van der Waals surface area (Å²) in [7, 11) is 0. The van der Waals surface area contributed by atoms with Gasteiger partial charge in [-0.1, -0.05) is 32.4 Å². The maximum absolute atomic E-state index is 4.16. The Morgan fingerprint density at radius 1 is 1.38 bits per heavy atom. The quantitative estimate of drug-likeness (QED) is 0.563. The summed E-state index contributed by atoms with van der Waals surface area (Å²) in [6.45, 7) is 11.2. The van der Waals surface area contributed by atoms with Gasteiger partial charge in [0.15, 0.2) is 0 Å². The summed E-state index contributed by atoms with van der Waals surface area (Å²) in [5, 5.41) is 0. The van der Waals surface area contributed by atoms with Crippen LogP contribution in [0.15, 0.2) is 12.2 Å². The second-order valence-corrected chi connectivity index (χ2v) is 5.31. The Bertz CT molecular complexity index is 216. The highest BCUT2D eigenvalue weighted by molar-refractivity contribution is 5.11. The van der Waals surface area contributed by atoms with Crippen LogP contribution in [0.3, 0.4) is 0 Å². The van der Waals surface area contributed by atoms with E-state index in [0.29, 0.717) is 0 Å². The lowest BCUT2D eigenvalue weighted by Gasteiger charge is -2.44. The van der Waals surface area contributed by atoms with Crippen LogP contribution in [0.25, 0.3) is 0 Å². The van der Waals surface area contributed by atoms with Crippen LogP contribution in [0, 0.1) is 29.6 Å². The zero-order valence-corrected chi connectivity index (χ0v) is 9.22. The molecule has 74 valence electrons. The molecule has 0 N–H and O–H groups in total. The third-order valence-corrected chi connectivity index (χ3v) is 4.59. The molecule has 0 spiro atoms. The maximum atomic E-state index is 4.16. The molecule has 2 saturated carbocycles. The molecule has 2 fully saturated rings. The number of fused-ring (bicyclic) bond motifs is 1. The van der Waals surface area contributed by atoms with E-state index >= 15 is 0 Å². The molecule has 13 heavy (non-hydrogen) atoms. The molecule has 0 aromatic rings. The molecule has 0 heteroatoms. The number of hydrogen-bond acceptors (Lipinski definition) is 0. The Balaban J connectivity index is 2.10. The van der Waals surface area contributed by atoms with E-state index in [4.69, 9.17) is 0 Å². The molecule has 2 aliphatic carbocycles. The molecule has 0 heterocycles. The van der Waals surface area contributed by atoms with E-state index in [9.17, 15) is 0 Å². The fraction of sp³-hybridized carbons (Fsp3) is 0.846. The molecular formula is C13H22. The first kappa shape index (κ1) is 9.30. The lowest BCUT2D eigenvalue weighted by atomic mass is 9.61. The lowest BCUT2D eigenvalue weighted by Crippen LogP contribution is -2.37.